The number of nitrogens with zero attached hydrogens (tertiary/aromatic N) is 1. The summed E-state index contributed by atoms with van der Waals surface area (Å²) in [5, 5.41) is 21.9. The Hall–Kier alpha value is -1.98. The third kappa shape index (κ3) is 3.31. The first-order chi connectivity index (χ1) is 9.47. The monoisotopic (exact) mass is 312 g/mol. The van der Waals surface area contributed by atoms with Crippen LogP contribution in [0.3, 0.4) is 0 Å². The second-order valence-corrected chi connectivity index (χ2v) is 4.80. The maximum Gasteiger partial charge on any atom is 0.354 e. The molecule has 0 bridgehead atoms. The second kappa shape index (κ2) is 5.98. The molecule has 0 atom stereocenters. The normalized spacial score (nSPS) is 10.3. The fourth-order valence-corrected chi connectivity index (χ4v) is 1.99. The molecule has 1 aromatic heterocycles. The maximum atomic E-state index is 10.7. The number of phenols is 1. The number of phenolic OH excluding ortho intramolecular Hbond substituents is 1. The number of aromatic carboxylic acids is 1. The number of carbonyl (C=O) groups is 1. The first-order valence-corrected chi connectivity index (χ1v) is 6.33. The third-order valence-electron chi connectivity index (χ3n) is 2.56. The summed E-state index contributed by atoms with van der Waals surface area (Å²) in [5.74, 6) is -1.17. The Balaban J connectivity index is 2.11. The van der Waals surface area contributed by atoms with Crippen LogP contribution in [0.2, 0.25) is 10.0 Å². The average Bonchev–Trinajstić information content (AvgIpc) is 2.41. The van der Waals surface area contributed by atoms with Crippen LogP contribution in [0.25, 0.3) is 0 Å². The quantitative estimate of drug-likeness (QED) is 0.806. The van der Waals surface area contributed by atoms with Gasteiger partial charge in [0.2, 0.25) is 0 Å². The molecule has 0 spiro atoms. The van der Waals surface area contributed by atoms with Gasteiger partial charge in [0.05, 0.1) is 16.9 Å². The van der Waals surface area contributed by atoms with Crippen LogP contribution >= 0.6 is 23.2 Å². The number of aromatic nitrogens is 1. The van der Waals surface area contributed by atoms with Crippen LogP contribution in [-0.4, -0.2) is 21.2 Å². The molecule has 20 heavy (non-hydrogen) atoms. The molecule has 1 heterocycles. The summed E-state index contributed by atoms with van der Waals surface area (Å²) in [6, 6.07) is 5.97. The number of nitrogens with one attached hydrogen (secondary N) is 1. The van der Waals surface area contributed by atoms with Crippen molar-refractivity contribution >= 4 is 34.9 Å². The Morgan fingerprint density at radius 1 is 1.30 bits per heavy atom. The molecule has 5 nitrogen and oxygen atoms in total. The van der Waals surface area contributed by atoms with Crippen molar-refractivity contribution in [1.82, 2.24) is 4.98 Å². The highest BCUT2D eigenvalue weighted by Crippen LogP contribution is 2.31. The zero-order valence-electron chi connectivity index (χ0n) is 10.1. The lowest BCUT2D eigenvalue weighted by Gasteiger charge is -2.09. The van der Waals surface area contributed by atoms with Gasteiger partial charge in [0.15, 0.2) is 0 Å². The van der Waals surface area contributed by atoms with Crippen LogP contribution in [0.1, 0.15) is 16.1 Å². The second-order valence-electron chi connectivity index (χ2n) is 3.99. The van der Waals surface area contributed by atoms with Crippen molar-refractivity contribution in [2.45, 2.75) is 6.54 Å². The van der Waals surface area contributed by atoms with Gasteiger partial charge in [0, 0.05) is 17.6 Å². The van der Waals surface area contributed by atoms with E-state index in [1.807, 2.05) is 0 Å². The predicted molar refractivity (Wildman–Crippen MR) is 76.6 cm³/mol. The summed E-state index contributed by atoms with van der Waals surface area (Å²) in [5.41, 5.74) is 1.22. The fraction of sp³-hybridized carbons (Fsp3) is 0.0769. The highest BCUT2D eigenvalue weighted by Gasteiger charge is 2.08. The van der Waals surface area contributed by atoms with Gasteiger partial charge in [0.1, 0.15) is 11.4 Å². The minimum atomic E-state index is -1.08. The molecule has 1 aromatic carbocycles. The van der Waals surface area contributed by atoms with Crippen molar-refractivity contribution in [3.63, 3.8) is 0 Å². The van der Waals surface area contributed by atoms with Crippen LogP contribution in [0.4, 0.5) is 5.69 Å². The van der Waals surface area contributed by atoms with E-state index in [4.69, 9.17) is 28.3 Å². The van der Waals surface area contributed by atoms with Gasteiger partial charge in [-0.2, -0.15) is 0 Å². The Kier molecular flexibility index (Phi) is 4.32. The highest BCUT2D eigenvalue weighted by molar-refractivity contribution is 6.34. The predicted octanol–water partition coefficient (Wildman–Crippen LogP) is 3.40. The fourth-order valence-electron chi connectivity index (χ4n) is 1.58. The van der Waals surface area contributed by atoms with Crippen molar-refractivity contribution in [3.8, 4) is 5.75 Å². The number of carboxylic acid groups (broad SMARTS) is 1. The lowest BCUT2D eigenvalue weighted by Crippen LogP contribution is -2.03. The molecule has 0 aliphatic heterocycles. The SMILES string of the molecule is O=C(O)c1ccc(NCc2cc(Cl)cc(O)c2Cl)cn1. The molecule has 7 heteroatoms. The summed E-state index contributed by atoms with van der Waals surface area (Å²) in [6.07, 6.45) is 1.40. The molecule has 0 saturated heterocycles. The zero-order chi connectivity index (χ0) is 14.7. The number of anilines is 1. The molecule has 3 N–H and O–H groups in total. The molecule has 0 aliphatic rings. The number of carboxylic acids is 1. The van der Waals surface area contributed by atoms with Gasteiger partial charge >= 0.3 is 5.97 Å². The van der Waals surface area contributed by atoms with Gasteiger partial charge in [-0.15, -0.1) is 0 Å². The van der Waals surface area contributed by atoms with E-state index in [9.17, 15) is 9.90 Å². The molecule has 0 aliphatic carbocycles. The number of rotatable bonds is 4. The van der Waals surface area contributed by atoms with Crippen LogP contribution < -0.4 is 5.32 Å². The summed E-state index contributed by atoms with van der Waals surface area (Å²) in [7, 11) is 0. The van der Waals surface area contributed by atoms with Crippen LogP contribution in [-0.2, 0) is 6.54 Å². The van der Waals surface area contributed by atoms with E-state index in [0.29, 0.717) is 22.8 Å². The van der Waals surface area contributed by atoms with E-state index < -0.39 is 5.97 Å². The molecule has 0 amide bonds. The van der Waals surface area contributed by atoms with Gasteiger partial charge in [0.25, 0.3) is 0 Å². The zero-order valence-corrected chi connectivity index (χ0v) is 11.6. The molecule has 0 radical (unpaired) electrons. The van der Waals surface area contributed by atoms with Crippen molar-refractivity contribution in [3.05, 3.63) is 51.8 Å². The molecule has 2 rings (SSSR count). The molecular formula is C13H10Cl2N2O3. The van der Waals surface area contributed by atoms with Gasteiger partial charge in [-0.3, -0.25) is 0 Å². The summed E-state index contributed by atoms with van der Waals surface area (Å²) in [4.78, 5) is 14.4. The number of aromatic hydroxyl groups is 1. The molecular weight excluding hydrogens is 303 g/mol. The summed E-state index contributed by atoms with van der Waals surface area (Å²) in [6.45, 7) is 0.320. The first-order valence-electron chi connectivity index (χ1n) is 5.57. The number of benzene rings is 1. The standard InChI is InChI=1S/C13H10Cl2N2O3/c14-8-3-7(12(15)11(18)4-8)5-16-9-1-2-10(13(19)20)17-6-9/h1-4,6,16,18H,5H2,(H,19,20). The minimum absolute atomic E-state index is 0.0333. The summed E-state index contributed by atoms with van der Waals surface area (Å²) < 4.78 is 0. The topological polar surface area (TPSA) is 82.5 Å². The van der Waals surface area contributed by atoms with Gasteiger partial charge < -0.3 is 15.5 Å². The van der Waals surface area contributed by atoms with Crippen molar-refractivity contribution in [2.75, 3.05) is 5.32 Å². The van der Waals surface area contributed by atoms with E-state index in [0.717, 1.165) is 0 Å². The lowest BCUT2D eigenvalue weighted by molar-refractivity contribution is 0.0690. The van der Waals surface area contributed by atoms with E-state index >= 15 is 0 Å². The molecule has 104 valence electrons. The Morgan fingerprint density at radius 3 is 2.65 bits per heavy atom. The van der Waals surface area contributed by atoms with E-state index in [1.165, 1.54) is 18.3 Å². The van der Waals surface area contributed by atoms with Crippen LogP contribution in [0.15, 0.2) is 30.5 Å². The maximum absolute atomic E-state index is 10.7. The smallest absolute Gasteiger partial charge is 0.354 e. The Morgan fingerprint density at radius 2 is 2.05 bits per heavy atom. The highest BCUT2D eigenvalue weighted by atomic mass is 35.5. The number of halogens is 2. The van der Waals surface area contributed by atoms with Gasteiger partial charge in [-0.25, -0.2) is 9.78 Å². The van der Waals surface area contributed by atoms with Crippen LogP contribution in [0.5, 0.6) is 5.75 Å². The Bertz CT molecular complexity index is 645. The molecule has 0 saturated carbocycles. The van der Waals surface area contributed by atoms with Gasteiger partial charge in [-0.1, -0.05) is 23.2 Å². The minimum Gasteiger partial charge on any atom is -0.506 e. The number of hydrogen-bond acceptors (Lipinski definition) is 4. The van der Waals surface area contributed by atoms with Crippen molar-refractivity contribution in [2.24, 2.45) is 0 Å². The summed E-state index contributed by atoms with van der Waals surface area (Å²) >= 11 is 11.8. The van der Waals surface area contributed by atoms with Crippen LogP contribution in [0, 0.1) is 0 Å². The van der Waals surface area contributed by atoms with E-state index in [1.54, 1.807) is 12.1 Å². The lowest BCUT2D eigenvalue weighted by atomic mass is 10.2. The average molecular weight is 313 g/mol. The van der Waals surface area contributed by atoms with E-state index in [2.05, 4.69) is 10.3 Å². The number of hydrogen-bond donors (Lipinski definition) is 3. The van der Waals surface area contributed by atoms with E-state index in [-0.39, 0.29) is 16.5 Å². The largest absolute Gasteiger partial charge is 0.506 e. The molecule has 0 unspecified atom stereocenters. The number of pyridine rings is 1. The van der Waals surface area contributed by atoms with Crippen molar-refractivity contribution < 1.29 is 15.0 Å². The molecule has 2 aromatic rings. The first kappa shape index (κ1) is 14.4. The third-order valence-corrected chi connectivity index (χ3v) is 3.21. The molecule has 0 fully saturated rings. The Labute approximate surface area is 124 Å². The van der Waals surface area contributed by atoms with Gasteiger partial charge in [-0.05, 0) is 23.8 Å². The van der Waals surface area contributed by atoms with Crippen molar-refractivity contribution in [1.29, 1.82) is 0 Å².